The van der Waals surface area contributed by atoms with Crippen LogP contribution in [0.2, 0.25) is 0 Å². The zero-order valence-corrected chi connectivity index (χ0v) is 12.4. The van der Waals surface area contributed by atoms with Gasteiger partial charge in [0.25, 0.3) is 0 Å². The van der Waals surface area contributed by atoms with Crippen LogP contribution in [-0.4, -0.2) is 23.0 Å². The lowest BCUT2D eigenvalue weighted by atomic mass is 9.95. The van der Waals surface area contributed by atoms with Gasteiger partial charge in [0.2, 0.25) is 0 Å². The Balaban J connectivity index is 1.85. The third kappa shape index (κ3) is 2.56. The molecule has 3 rings (SSSR count). The summed E-state index contributed by atoms with van der Waals surface area (Å²) in [5, 5.41) is 0. The zero-order chi connectivity index (χ0) is 13.6. The Morgan fingerprint density at radius 1 is 1.00 bits per heavy atom. The van der Waals surface area contributed by atoms with Crippen molar-refractivity contribution >= 4 is 0 Å². The topological polar surface area (TPSA) is 29.3 Å². The predicted octanol–water partition coefficient (Wildman–Crippen LogP) is 3.44. The van der Waals surface area contributed by atoms with E-state index in [0.717, 1.165) is 18.9 Å². The van der Waals surface area contributed by atoms with Crippen LogP contribution in [0.4, 0.5) is 0 Å². The molecule has 2 N–H and O–H groups in total. The summed E-state index contributed by atoms with van der Waals surface area (Å²) in [4.78, 5) is 2.56. The van der Waals surface area contributed by atoms with Gasteiger partial charge in [-0.15, -0.1) is 0 Å². The average molecular weight is 258 g/mol. The SMILES string of the molecule is CC(C)(C)N1CCC(N)C1c1ccc(C2CC2)cc1. The maximum atomic E-state index is 6.37. The Kier molecular flexibility index (Phi) is 3.18. The second kappa shape index (κ2) is 4.60. The molecule has 2 unspecified atom stereocenters. The molecular formula is C17H26N2. The van der Waals surface area contributed by atoms with Gasteiger partial charge in [0, 0.05) is 18.1 Å². The second-order valence-corrected chi connectivity index (χ2v) is 7.20. The molecule has 2 aliphatic rings. The van der Waals surface area contributed by atoms with Crippen molar-refractivity contribution in [2.24, 2.45) is 5.73 Å². The standard InChI is InChI=1S/C17H26N2/c1-17(2,3)19-11-10-15(18)16(19)14-8-6-13(7-9-14)12-4-5-12/h6-9,12,15-16H,4-5,10-11,18H2,1-3H3. The minimum absolute atomic E-state index is 0.188. The molecule has 0 radical (unpaired) electrons. The summed E-state index contributed by atoms with van der Waals surface area (Å²) < 4.78 is 0. The predicted molar refractivity (Wildman–Crippen MR) is 80.2 cm³/mol. The molecule has 1 saturated carbocycles. The van der Waals surface area contributed by atoms with E-state index >= 15 is 0 Å². The van der Waals surface area contributed by atoms with Crippen LogP contribution in [0.5, 0.6) is 0 Å². The molecule has 1 aliphatic heterocycles. The Labute approximate surface area is 117 Å². The number of hydrogen-bond acceptors (Lipinski definition) is 2. The molecule has 1 aliphatic carbocycles. The van der Waals surface area contributed by atoms with Crippen molar-refractivity contribution in [2.45, 2.75) is 63.6 Å². The van der Waals surface area contributed by atoms with Gasteiger partial charge in [-0.05, 0) is 57.1 Å². The van der Waals surface area contributed by atoms with E-state index < -0.39 is 0 Å². The van der Waals surface area contributed by atoms with Crippen molar-refractivity contribution in [2.75, 3.05) is 6.54 Å². The number of benzene rings is 1. The summed E-state index contributed by atoms with van der Waals surface area (Å²) in [7, 11) is 0. The third-order valence-corrected chi connectivity index (χ3v) is 4.63. The van der Waals surface area contributed by atoms with Crippen LogP contribution in [0.15, 0.2) is 24.3 Å². The van der Waals surface area contributed by atoms with Gasteiger partial charge in [0.15, 0.2) is 0 Å². The first-order valence-electron chi connectivity index (χ1n) is 7.59. The van der Waals surface area contributed by atoms with E-state index in [9.17, 15) is 0 Å². The molecule has 1 heterocycles. The highest BCUT2D eigenvalue weighted by molar-refractivity contribution is 5.31. The summed E-state index contributed by atoms with van der Waals surface area (Å²) in [5.41, 5.74) is 9.46. The molecule has 1 aromatic rings. The lowest BCUT2D eigenvalue weighted by Crippen LogP contribution is -2.43. The van der Waals surface area contributed by atoms with Crippen molar-refractivity contribution in [3.63, 3.8) is 0 Å². The maximum absolute atomic E-state index is 6.37. The molecule has 0 spiro atoms. The summed E-state index contributed by atoms with van der Waals surface area (Å²) in [6, 6.07) is 9.90. The number of nitrogens with zero attached hydrogens (tertiary/aromatic N) is 1. The molecule has 1 saturated heterocycles. The summed E-state index contributed by atoms with van der Waals surface area (Å²) >= 11 is 0. The summed E-state index contributed by atoms with van der Waals surface area (Å²) in [6.45, 7) is 7.98. The number of rotatable bonds is 2. The van der Waals surface area contributed by atoms with E-state index in [2.05, 4.69) is 49.9 Å². The number of nitrogens with two attached hydrogens (primary N) is 1. The van der Waals surface area contributed by atoms with Gasteiger partial charge >= 0.3 is 0 Å². The van der Waals surface area contributed by atoms with Gasteiger partial charge in [-0.1, -0.05) is 24.3 Å². The lowest BCUT2D eigenvalue weighted by Gasteiger charge is -2.38. The first-order chi connectivity index (χ1) is 8.97. The van der Waals surface area contributed by atoms with E-state index in [1.54, 1.807) is 0 Å². The normalized spacial score (nSPS) is 28.8. The molecule has 2 nitrogen and oxygen atoms in total. The molecule has 2 atom stereocenters. The monoisotopic (exact) mass is 258 g/mol. The van der Waals surface area contributed by atoms with Crippen molar-refractivity contribution in [3.05, 3.63) is 35.4 Å². The molecule has 1 aromatic carbocycles. The number of likely N-dealkylation sites (tertiary alicyclic amines) is 1. The van der Waals surface area contributed by atoms with E-state index in [0.29, 0.717) is 6.04 Å². The molecular weight excluding hydrogens is 232 g/mol. The van der Waals surface area contributed by atoms with E-state index in [1.165, 1.54) is 24.0 Å². The van der Waals surface area contributed by atoms with Crippen LogP contribution in [0, 0.1) is 0 Å². The van der Waals surface area contributed by atoms with Crippen LogP contribution < -0.4 is 5.73 Å². The van der Waals surface area contributed by atoms with Crippen molar-refractivity contribution < 1.29 is 0 Å². The molecule has 2 heteroatoms. The van der Waals surface area contributed by atoms with Crippen LogP contribution in [0.1, 0.15) is 63.1 Å². The Morgan fingerprint density at radius 2 is 1.58 bits per heavy atom. The van der Waals surface area contributed by atoms with Crippen LogP contribution >= 0.6 is 0 Å². The van der Waals surface area contributed by atoms with E-state index in [-0.39, 0.29) is 11.6 Å². The quantitative estimate of drug-likeness (QED) is 0.880. The lowest BCUT2D eigenvalue weighted by molar-refractivity contribution is 0.117. The van der Waals surface area contributed by atoms with Gasteiger partial charge in [-0.25, -0.2) is 0 Å². The molecule has 19 heavy (non-hydrogen) atoms. The maximum Gasteiger partial charge on any atom is 0.0504 e. The highest BCUT2D eigenvalue weighted by atomic mass is 15.3. The average Bonchev–Trinajstić information content (AvgIpc) is 3.11. The first kappa shape index (κ1) is 13.1. The van der Waals surface area contributed by atoms with Crippen LogP contribution in [-0.2, 0) is 0 Å². The fraction of sp³-hybridized carbons (Fsp3) is 0.647. The molecule has 0 amide bonds. The van der Waals surface area contributed by atoms with E-state index in [1.807, 2.05) is 0 Å². The molecule has 2 fully saturated rings. The Hall–Kier alpha value is -0.860. The van der Waals surface area contributed by atoms with Gasteiger partial charge in [0.05, 0.1) is 6.04 Å². The Morgan fingerprint density at radius 3 is 2.11 bits per heavy atom. The van der Waals surface area contributed by atoms with Crippen molar-refractivity contribution in [1.82, 2.24) is 4.90 Å². The first-order valence-corrected chi connectivity index (χ1v) is 7.59. The molecule has 104 valence electrons. The van der Waals surface area contributed by atoms with Crippen LogP contribution in [0.3, 0.4) is 0 Å². The van der Waals surface area contributed by atoms with Gasteiger partial charge in [-0.2, -0.15) is 0 Å². The minimum atomic E-state index is 0.188. The molecule has 0 aromatic heterocycles. The minimum Gasteiger partial charge on any atom is -0.326 e. The van der Waals surface area contributed by atoms with Gasteiger partial charge < -0.3 is 5.73 Å². The second-order valence-electron chi connectivity index (χ2n) is 7.20. The zero-order valence-electron chi connectivity index (χ0n) is 12.4. The summed E-state index contributed by atoms with van der Waals surface area (Å²) in [6.07, 6.45) is 3.85. The largest absolute Gasteiger partial charge is 0.326 e. The van der Waals surface area contributed by atoms with Gasteiger partial charge in [0.1, 0.15) is 0 Å². The van der Waals surface area contributed by atoms with E-state index in [4.69, 9.17) is 5.73 Å². The summed E-state index contributed by atoms with van der Waals surface area (Å²) in [5.74, 6) is 0.838. The highest BCUT2D eigenvalue weighted by Gasteiger charge is 2.38. The highest BCUT2D eigenvalue weighted by Crippen LogP contribution is 2.41. The molecule has 0 bridgehead atoms. The number of hydrogen-bond donors (Lipinski definition) is 1. The van der Waals surface area contributed by atoms with Gasteiger partial charge in [-0.3, -0.25) is 4.90 Å². The third-order valence-electron chi connectivity index (χ3n) is 4.63. The Bertz CT molecular complexity index is 439. The smallest absolute Gasteiger partial charge is 0.0504 e. The van der Waals surface area contributed by atoms with Crippen molar-refractivity contribution in [3.8, 4) is 0 Å². The fourth-order valence-corrected chi connectivity index (χ4v) is 3.38. The fourth-order valence-electron chi connectivity index (χ4n) is 3.38. The van der Waals surface area contributed by atoms with Crippen molar-refractivity contribution in [1.29, 1.82) is 0 Å². The van der Waals surface area contributed by atoms with Crippen LogP contribution in [0.25, 0.3) is 0 Å².